The fraction of sp³-hybridized carbons (Fsp3) is 0.250. The lowest BCUT2D eigenvalue weighted by Gasteiger charge is -1.99. The Kier molecular flexibility index (Phi) is 1.77. The van der Waals surface area contributed by atoms with Crippen molar-refractivity contribution in [1.29, 1.82) is 0 Å². The summed E-state index contributed by atoms with van der Waals surface area (Å²) < 4.78 is 0. The van der Waals surface area contributed by atoms with Gasteiger partial charge >= 0.3 is 0 Å². The quantitative estimate of drug-likeness (QED) is 0.698. The van der Waals surface area contributed by atoms with Crippen molar-refractivity contribution in [2.45, 2.75) is 13.8 Å². The molecule has 0 amide bonds. The summed E-state index contributed by atoms with van der Waals surface area (Å²) in [5.74, 6) is 0.531. The van der Waals surface area contributed by atoms with Crippen molar-refractivity contribution in [3.8, 4) is 11.5 Å². The largest absolute Gasteiger partial charge is 0.249 e. The molecule has 0 radical (unpaired) electrons. The van der Waals surface area contributed by atoms with Crippen molar-refractivity contribution in [2.75, 3.05) is 0 Å². The van der Waals surface area contributed by atoms with Gasteiger partial charge in [-0.3, -0.25) is 0 Å². The van der Waals surface area contributed by atoms with Crippen LogP contribution in [0.2, 0.25) is 0 Å². The van der Waals surface area contributed by atoms with Crippen molar-refractivity contribution in [3.05, 3.63) is 23.4 Å². The summed E-state index contributed by atoms with van der Waals surface area (Å²) in [5.41, 5.74) is 2.89. The van der Waals surface area contributed by atoms with Crippen LogP contribution < -0.4 is 0 Å². The van der Waals surface area contributed by atoms with Gasteiger partial charge in [-0.2, -0.15) is 5.21 Å². The highest BCUT2D eigenvalue weighted by atomic mass is 15.5. The van der Waals surface area contributed by atoms with E-state index >= 15 is 0 Å². The third-order valence-electron chi connectivity index (χ3n) is 1.92. The van der Waals surface area contributed by atoms with E-state index in [4.69, 9.17) is 0 Å². The molecule has 0 aromatic carbocycles. The van der Waals surface area contributed by atoms with E-state index in [1.165, 1.54) is 0 Å². The van der Waals surface area contributed by atoms with Crippen LogP contribution in [0.4, 0.5) is 0 Å². The fourth-order valence-corrected chi connectivity index (χ4v) is 1.03. The smallest absolute Gasteiger partial charge is 0.222 e. The SMILES string of the molecule is Cc1ccc(-c2nn[nH]n2)nc1C. The van der Waals surface area contributed by atoms with Gasteiger partial charge in [0.2, 0.25) is 5.82 Å². The van der Waals surface area contributed by atoms with Gasteiger partial charge in [-0.05, 0) is 30.7 Å². The molecule has 2 aromatic heterocycles. The lowest BCUT2D eigenvalue weighted by Crippen LogP contribution is -1.91. The standard InChI is InChI=1S/C8H9N5/c1-5-3-4-7(9-6(5)2)8-10-12-13-11-8/h3-4H,1-2H3,(H,10,11,12,13). The first kappa shape index (κ1) is 7.85. The van der Waals surface area contributed by atoms with E-state index < -0.39 is 0 Å². The second-order valence-electron chi connectivity index (χ2n) is 2.83. The van der Waals surface area contributed by atoms with Gasteiger partial charge in [0.25, 0.3) is 0 Å². The molecule has 0 unspecified atom stereocenters. The Morgan fingerprint density at radius 3 is 2.69 bits per heavy atom. The molecule has 0 saturated carbocycles. The summed E-state index contributed by atoms with van der Waals surface area (Å²) in [6.45, 7) is 3.97. The van der Waals surface area contributed by atoms with Crippen LogP contribution in [-0.2, 0) is 0 Å². The first-order chi connectivity index (χ1) is 6.27. The Morgan fingerprint density at radius 2 is 2.08 bits per heavy atom. The maximum Gasteiger partial charge on any atom is 0.222 e. The Labute approximate surface area is 75.2 Å². The number of aryl methyl sites for hydroxylation is 2. The van der Waals surface area contributed by atoms with E-state index in [2.05, 4.69) is 25.6 Å². The Balaban J connectivity index is 2.49. The van der Waals surface area contributed by atoms with Gasteiger partial charge in [-0.25, -0.2) is 4.98 Å². The van der Waals surface area contributed by atoms with Crippen LogP contribution in [0.25, 0.3) is 11.5 Å². The number of aromatic amines is 1. The third-order valence-corrected chi connectivity index (χ3v) is 1.92. The van der Waals surface area contributed by atoms with E-state index in [1.54, 1.807) is 0 Å². The highest BCUT2D eigenvalue weighted by Gasteiger charge is 2.04. The van der Waals surface area contributed by atoms with Crippen LogP contribution in [0.3, 0.4) is 0 Å². The Hall–Kier alpha value is -1.78. The number of nitrogens with zero attached hydrogens (tertiary/aromatic N) is 4. The molecule has 66 valence electrons. The summed E-state index contributed by atoms with van der Waals surface area (Å²) in [6, 6.07) is 3.88. The van der Waals surface area contributed by atoms with Gasteiger partial charge < -0.3 is 0 Å². The van der Waals surface area contributed by atoms with Crippen LogP contribution >= 0.6 is 0 Å². The van der Waals surface area contributed by atoms with Crippen LogP contribution in [-0.4, -0.2) is 25.6 Å². The van der Waals surface area contributed by atoms with E-state index in [-0.39, 0.29) is 0 Å². The number of hydrogen-bond acceptors (Lipinski definition) is 4. The fourth-order valence-electron chi connectivity index (χ4n) is 1.03. The van der Waals surface area contributed by atoms with Gasteiger partial charge in [0.1, 0.15) is 5.69 Å². The normalized spacial score (nSPS) is 10.3. The summed E-state index contributed by atoms with van der Waals surface area (Å²) in [4.78, 5) is 4.33. The average molecular weight is 175 g/mol. The molecule has 0 spiro atoms. The van der Waals surface area contributed by atoms with Crippen molar-refractivity contribution < 1.29 is 0 Å². The highest BCUT2D eigenvalue weighted by molar-refractivity contribution is 5.48. The zero-order chi connectivity index (χ0) is 9.26. The monoisotopic (exact) mass is 175 g/mol. The molecule has 5 nitrogen and oxygen atoms in total. The molecular weight excluding hydrogens is 166 g/mol. The number of rotatable bonds is 1. The zero-order valence-electron chi connectivity index (χ0n) is 7.44. The minimum atomic E-state index is 0.531. The molecule has 0 fully saturated rings. The second-order valence-corrected chi connectivity index (χ2v) is 2.83. The minimum Gasteiger partial charge on any atom is -0.249 e. The average Bonchev–Trinajstić information content (AvgIpc) is 2.62. The van der Waals surface area contributed by atoms with Gasteiger partial charge in [-0.15, -0.1) is 10.2 Å². The third kappa shape index (κ3) is 1.40. The molecule has 5 heteroatoms. The van der Waals surface area contributed by atoms with Gasteiger partial charge in [0.05, 0.1) is 0 Å². The van der Waals surface area contributed by atoms with Crippen LogP contribution in [0.15, 0.2) is 12.1 Å². The molecule has 2 rings (SSSR count). The number of nitrogens with one attached hydrogen (secondary N) is 1. The van der Waals surface area contributed by atoms with E-state index in [0.717, 1.165) is 17.0 Å². The molecule has 13 heavy (non-hydrogen) atoms. The van der Waals surface area contributed by atoms with Crippen LogP contribution in [0.1, 0.15) is 11.3 Å². The number of tetrazole rings is 1. The lowest BCUT2D eigenvalue weighted by molar-refractivity contribution is 0.881. The van der Waals surface area contributed by atoms with Gasteiger partial charge in [0.15, 0.2) is 0 Å². The van der Waals surface area contributed by atoms with E-state index in [0.29, 0.717) is 5.82 Å². The van der Waals surface area contributed by atoms with Crippen LogP contribution in [0, 0.1) is 13.8 Å². The van der Waals surface area contributed by atoms with Gasteiger partial charge in [-0.1, -0.05) is 6.07 Å². The number of hydrogen-bond donors (Lipinski definition) is 1. The molecular formula is C8H9N5. The molecule has 2 aromatic rings. The summed E-state index contributed by atoms with van der Waals surface area (Å²) in [6.07, 6.45) is 0. The summed E-state index contributed by atoms with van der Waals surface area (Å²) in [7, 11) is 0. The first-order valence-corrected chi connectivity index (χ1v) is 3.95. The maximum absolute atomic E-state index is 4.33. The van der Waals surface area contributed by atoms with E-state index in [9.17, 15) is 0 Å². The highest BCUT2D eigenvalue weighted by Crippen LogP contribution is 2.12. The zero-order valence-corrected chi connectivity index (χ0v) is 7.44. The number of H-pyrrole nitrogens is 1. The number of aromatic nitrogens is 5. The van der Waals surface area contributed by atoms with Crippen molar-refractivity contribution in [2.24, 2.45) is 0 Å². The minimum absolute atomic E-state index is 0.531. The van der Waals surface area contributed by atoms with E-state index in [1.807, 2.05) is 26.0 Å². The predicted molar refractivity (Wildman–Crippen MR) is 46.9 cm³/mol. The Morgan fingerprint density at radius 1 is 1.23 bits per heavy atom. The molecule has 0 aliphatic heterocycles. The van der Waals surface area contributed by atoms with Crippen LogP contribution in [0.5, 0.6) is 0 Å². The number of pyridine rings is 1. The van der Waals surface area contributed by atoms with Crippen molar-refractivity contribution in [1.82, 2.24) is 25.6 Å². The predicted octanol–water partition coefficient (Wildman–Crippen LogP) is 0.879. The van der Waals surface area contributed by atoms with Crippen molar-refractivity contribution >= 4 is 0 Å². The molecule has 0 atom stereocenters. The maximum atomic E-state index is 4.33. The Bertz CT molecular complexity index is 406. The molecule has 0 saturated heterocycles. The second kappa shape index (κ2) is 2.93. The molecule has 0 aliphatic rings. The molecule has 2 heterocycles. The summed E-state index contributed by atoms with van der Waals surface area (Å²) >= 11 is 0. The molecule has 0 aliphatic carbocycles. The van der Waals surface area contributed by atoms with Gasteiger partial charge in [0, 0.05) is 5.69 Å². The molecule has 1 N–H and O–H groups in total. The topological polar surface area (TPSA) is 67.3 Å². The molecule has 0 bridgehead atoms. The summed E-state index contributed by atoms with van der Waals surface area (Å²) in [5, 5.41) is 13.6. The van der Waals surface area contributed by atoms with Crippen molar-refractivity contribution in [3.63, 3.8) is 0 Å². The lowest BCUT2D eigenvalue weighted by atomic mass is 10.2. The first-order valence-electron chi connectivity index (χ1n) is 3.95.